The van der Waals surface area contributed by atoms with Crippen molar-refractivity contribution in [2.45, 2.75) is 50.9 Å². The monoisotopic (exact) mass is 215 g/mol. The summed E-state index contributed by atoms with van der Waals surface area (Å²) in [5, 5.41) is 0.482. The molecule has 0 aliphatic carbocycles. The van der Waals surface area contributed by atoms with Gasteiger partial charge in [-0.05, 0) is 32.6 Å². The number of likely N-dealkylation sites (tertiary alicyclic amines) is 1. The summed E-state index contributed by atoms with van der Waals surface area (Å²) in [6.45, 7) is 5.27. The molecule has 0 aromatic rings. The maximum Gasteiger partial charge on any atom is 0.149 e. The van der Waals surface area contributed by atoms with Gasteiger partial charge in [0.25, 0.3) is 0 Å². The molecule has 1 rings (SSSR count). The zero-order valence-electron chi connectivity index (χ0n) is 9.45. The Morgan fingerprint density at radius 2 is 2.29 bits per heavy atom. The standard InChI is InChI=1S/C11H21NOS/c1-4-11(13)10-7-5-6-8-12(10)9(2)14-3/h9-10H,4-8H2,1-3H3. The van der Waals surface area contributed by atoms with Crippen LogP contribution in [0.25, 0.3) is 0 Å². The van der Waals surface area contributed by atoms with Crippen molar-refractivity contribution in [3.8, 4) is 0 Å². The van der Waals surface area contributed by atoms with E-state index in [1.165, 1.54) is 12.8 Å². The first kappa shape index (κ1) is 12.1. The molecule has 1 aliphatic heterocycles. The van der Waals surface area contributed by atoms with Crippen LogP contribution in [-0.2, 0) is 4.79 Å². The lowest BCUT2D eigenvalue weighted by molar-refractivity contribution is -0.125. The molecule has 2 unspecified atom stereocenters. The Bertz CT molecular complexity index is 196. The second-order valence-electron chi connectivity index (χ2n) is 3.90. The number of thioether (sulfide) groups is 1. The molecule has 0 bridgehead atoms. The quantitative estimate of drug-likeness (QED) is 0.719. The molecule has 0 spiro atoms. The van der Waals surface area contributed by atoms with E-state index in [-0.39, 0.29) is 6.04 Å². The van der Waals surface area contributed by atoms with Crippen molar-refractivity contribution >= 4 is 17.5 Å². The number of carbonyl (C=O) groups is 1. The second kappa shape index (κ2) is 5.76. The van der Waals surface area contributed by atoms with Gasteiger partial charge in [0.1, 0.15) is 5.78 Å². The largest absolute Gasteiger partial charge is 0.298 e. The molecule has 14 heavy (non-hydrogen) atoms. The van der Waals surface area contributed by atoms with Crippen LogP contribution in [0.3, 0.4) is 0 Å². The molecule has 0 saturated carbocycles. The molecule has 3 heteroatoms. The molecule has 1 fully saturated rings. The molecule has 0 aromatic carbocycles. The summed E-state index contributed by atoms with van der Waals surface area (Å²) in [6.07, 6.45) is 6.33. The van der Waals surface area contributed by atoms with E-state index >= 15 is 0 Å². The van der Waals surface area contributed by atoms with Gasteiger partial charge in [0.05, 0.1) is 11.4 Å². The molecule has 2 nitrogen and oxygen atoms in total. The molecule has 1 aliphatic rings. The summed E-state index contributed by atoms with van der Waals surface area (Å²) in [4.78, 5) is 14.1. The predicted octanol–water partition coefficient (Wildman–Crippen LogP) is 2.53. The van der Waals surface area contributed by atoms with E-state index in [4.69, 9.17) is 0 Å². The number of carbonyl (C=O) groups excluding carboxylic acids is 1. The van der Waals surface area contributed by atoms with Gasteiger partial charge in [-0.2, -0.15) is 0 Å². The highest BCUT2D eigenvalue weighted by atomic mass is 32.2. The van der Waals surface area contributed by atoms with Gasteiger partial charge in [0.2, 0.25) is 0 Å². The average molecular weight is 215 g/mol. The third-order valence-electron chi connectivity index (χ3n) is 3.07. The van der Waals surface area contributed by atoms with Crippen LogP contribution in [0.1, 0.15) is 39.5 Å². The highest BCUT2D eigenvalue weighted by Gasteiger charge is 2.29. The van der Waals surface area contributed by atoms with E-state index in [1.54, 1.807) is 0 Å². The summed E-state index contributed by atoms with van der Waals surface area (Å²) < 4.78 is 0. The van der Waals surface area contributed by atoms with Crippen molar-refractivity contribution in [2.24, 2.45) is 0 Å². The molecule has 1 heterocycles. The van der Waals surface area contributed by atoms with Gasteiger partial charge in [0.15, 0.2) is 0 Å². The molecule has 2 atom stereocenters. The summed E-state index contributed by atoms with van der Waals surface area (Å²) >= 11 is 1.84. The number of piperidine rings is 1. The van der Waals surface area contributed by atoms with E-state index in [9.17, 15) is 4.79 Å². The molecular weight excluding hydrogens is 194 g/mol. The maximum absolute atomic E-state index is 11.7. The van der Waals surface area contributed by atoms with Crippen LogP contribution in [0.4, 0.5) is 0 Å². The Labute approximate surface area is 91.4 Å². The first-order valence-corrected chi connectivity index (χ1v) is 6.80. The highest BCUT2D eigenvalue weighted by molar-refractivity contribution is 7.99. The number of ketones is 1. The Morgan fingerprint density at radius 1 is 1.57 bits per heavy atom. The van der Waals surface area contributed by atoms with Crippen molar-refractivity contribution in [1.82, 2.24) is 4.90 Å². The Hall–Kier alpha value is -0.0200. The van der Waals surface area contributed by atoms with E-state index in [2.05, 4.69) is 18.1 Å². The Kier molecular flexibility index (Phi) is 4.96. The van der Waals surface area contributed by atoms with E-state index in [1.807, 2.05) is 18.7 Å². The summed E-state index contributed by atoms with van der Waals surface area (Å²) in [6, 6.07) is 0.205. The molecule has 82 valence electrons. The molecule has 0 radical (unpaired) electrons. The zero-order chi connectivity index (χ0) is 10.6. The predicted molar refractivity (Wildman–Crippen MR) is 62.6 cm³/mol. The maximum atomic E-state index is 11.7. The van der Waals surface area contributed by atoms with Crippen LogP contribution in [-0.4, -0.2) is 34.9 Å². The SMILES string of the molecule is CCC(=O)C1CCCCN1C(C)SC. The van der Waals surface area contributed by atoms with Crippen LogP contribution < -0.4 is 0 Å². The van der Waals surface area contributed by atoms with Gasteiger partial charge in [0, 0.05) is 6.42 Å². The second-order valence-corrected chi connectivity index (χ2v) is 5.06. The summed E-state index contributed by atoms with van der Waals surface area (Å²) in [5.41, 5.74) is 0. The van der Waals surface area contributed by atoms with Gasteiger partial charge in [-0.3, -0.25) is 9.69 Å². The average Bonchev–Trinajstić information content (AvgIpc) is 2.27. The van der Waals surface area contributed by atoms with Crippen molar-refractivity contribution in [2.75, 3.05) is 12.8 Å². The lowest BCUT2D eigenvalue weighted by atomic mass is 9.97. The normalized spacial score (nSPS) is 26.1. The third kappa shape index (κ3) is 2.74. The Morgan fingerprint density at radius 3 is 2.86 bits per heavy atom. The van der Waals surface area contributed by atoms with Crippen LogP contribution >= 0.6 is 11.8 Å². The summed E-state index contributed by atoms with van der Waals surface area (Å²) in [7, 11) is 0. The van der Waals surface area contributed by atoms with Crippen molar-refractivity contribution in [3.05, 3.63) is 0 Å². The van der Waals surface area contributed by atoms with E-state index in [0.717, 1.165) is 13.0 Å². The lowest BCUT2D eigenvalue weighted by Gasteiger charge is -2.38. The smallest absolute Gasteiger partial charge is 0.149 e. The van der Waals surface area contributed by atoms with Crippen LogP contribution in [0.2, 0.25) is 0 Å². The topological polar surface area (TPSA) is 20.3 Å². The fourth-order valence-corrected chi connectivity index (χ4v) is 2.63. The minimum absolute atomic E-state index is 0.205. The number of hydrogen-bond donors (Lipinski definition) is 0. The number of rotatable bonds is 4. The molecule has 1 saturated heterocycles. The first-order chi connectivity index (χ1) is 6.70. The fourth-order valence-electron chi connectivity index (χ4n) is 2.11. The van der Waals surface area contributed by atoms with Crippen LogP contribution in [0.5, 0.6) is 0 Å². The molecule has 0 amide bonds. The molecular formula is C11H21NOS. The van der Waals surface area contributed by atoms with Gasteiger partial charge >= 0.3 is 0 Å². The molecule has 0 aromatic heterocycles. The van der Waals surface area contributed by atoms with Crippen LogP contribution in [0, 0.1) is 0 Å². The van der Waals surface area contributed by atoms with Gasteiger partial charge in [-0.15, -0.1) is 11.8 Å². The Balaban J connectivity index is 2.63. The molecule has 0 N–H and O–H groups in total. The first-order valence-electron chi connectivity index (χ1n) is 5.52. The minimum atomic E-state index is 0.205. The van der Waals surface area contributed by atoms with E-state index in [0.29, 0.717) is 17.6 Å². The van der Waals surface area contributed by atoms with E-state index < -0.39 is 0 Å². The number of hydrogen-bond acceptors (Lipinski definition) is 3. The van der Waals surface area contributed by atoms with Gasteiger partial charge in [-0.1, -0.05) is 13.3 Å². The van der Waals surface area contributed by atoms with Gasteiger partial charge < -0.3 is 0 Å². The van der Waals surface area contributed by atoms with Crippen molar-refractivity contribution < 1.29 is 4.79 Å². The third-order valence-corrected chi connectivity index (χ3v) is 4.03. The fraction of sp³-hybridized carbons (Fsp3) is 0.909. The summed E-state index contributed by atoms with van der Waals surface area (Å²) in [5.74, 6) is 0.422. The van der Waals surface area contributed by atoms with Gasteiger partial charge in [-0.25, -0.2) is 0 Å². The van der Waals surface area contributed by atoms with Crippen molar-refractivity contribution in [3.63, 3.8) is 0 Å². The lowest BCUT2D eigenvalue weighted by Crippen LogP contribution is -2.47. The zero-order valence-corrected chi connectivity index (χ0v) is 10.3. The number of nitrogens with zero attached hydrogens (tertiary/aromatic N) is 1. The van der Waals surface area contributed by atoms with Crippen LogP contribution in [0.15, 0.2) is 0 Å². The minimum Gasteiger partial charge on any atom is -0.298 e. The number of Topliss-reactive ketones (excluding diaryl/α,β-unsaturated/α-hetero) is 1. The van der Waals surface area contributed by atoms with Crippen molar-refractivity contribution in [1.29, 1.82) is 0 Å². The highest BCUT2D eigenvalue weighted by Crippen LogP contribution is 2.24.